The maximum atomic E-state index is 12.2. The van der Waals surface area contributed by atoms with E-state index in [4.69, 9.17) is 15.3 Å². The molecule has 0 saturated heterocycles. The minimum Gasteiger partial charge on any atom is -0.486 e. The van der Waals surface area contributed by atoms with Crippen molar-refractivity contribution in [2.75, 3.05) is 11.9 Å². The summed E-state index contributed by atoms with van der Waals surface area (Å²) >= 11 is 0. The molecule has 0 saturated carbocycles. The number of anilines is 1. The van der Waals surface area contributed by atoms with Crippen molar-refractivity contribution in [2.45, 2.75) is 39.2 Å². The van der Waals surface area contributed by atoms with Crippen LogP contribution in [0.25, 0.3) is 0 Å². The van der Waals surface area contributed by atoms with E-state index in [0.717, 1.165) is 0 Å². The first-order valence-electron chi connectivity index (χ1n) is 8.83. The van der Waals surface area contributed by atoms with Gasteiger partial charge in [0.15, 0.2) is 5.84 Å². The van der Waals surface area contributed by atoms with Gasteiger partial charge in [0.05, 0.1) is 0 Å². The van der Waals surface area contributed by atoms with Crippen LogP contribution >= 0.6 is 0 Å². The zero-order valence-corrected chi connectivity index (χ0v) is 16.2. The van der Waals surface area contributed by atoms with Gasteiger partial charge in [-0.25, -0.2) is 0 Å². The van der Waals surface area contributed by atoms with Crippen molar-refractivity contribution < 1.29 is 14.4 Å². The van der Waals surface area contributed by atoms with Gasteiger partial charge >= 0.3 is 0 Å². The first kappa shape index (κ1) is 20.3. The molecule has 1 unspecified atom stereocenters. The van der Waals surface area contributed by atoms with Gasteiger partial charge in [0.2, 0.25) is 6.10 Å². The first-order chi connectivity index (χ1) is 12.8. The SMILES string of the molecule is CC(O/N=C(\N)COc1ccccc1)C(=O)Nc1ccc(C(C)(C)C)cc1. The average Bonchev–Trinajstić information content (AvgIpc) is 2.65. The van der Waals surface area contributed by atoms with Crippen LogP contribution in [-0.4, -0.2) is 24.5 Å². The topological polar surface area (TPSA) is 85.9 Å². The molecule has 144 valence electrons. The Balaban J connectivity index is 1.82. The van der Waals surface area contributed by atoms with Crippen molar-refractivity contribution in [3.8, 4) is 5.75 Å². The molecule has 2 aromatic carbocycles. The Hall–Kier alpha value is -3.02. The molecule has 0 aliphatic heterocycles. The van der Waals surface area contributed by atoms with Gasteiger partial charge in [-0.2, -0.15) is 0 Å². The van der Waals surface area contributed by atoms with Crippen LogP contribution in [0, 0.1) is 0 Å². The van der Waals surface area contributed by atoms with Gasteiger partial charge in [-0.1, -0.05) is 56.3 Å². The van der Waals surface area contributed by atoms with Crippen LogP contribution in [0.3, 0.4) is 0 Å². The van der Waals surface area contributed by atoms with Gasteiger partial charge in [-0.05, 0) is 42.2 Å². The zero-order valence-electron chi connectivity index (χ0n) is 16.2. The van der Waals surface area contributed by atoms with E-state index in [0.29, 0.717) is 11.4 Å². The quantitative estimate of drug-likeness (QED) is 0.443. The minimum absolute atomic E-state index is 0.0625. The Kier molecular flexibility index (Phi) is 6.82. The van der Waals surface area contributed by atoms with E-state index in [2.05, 4.69) is 31.2 Å². The summed E-state index contributed by atoms with van der Waals surface area (Å²) in [7, 11) is 0. The molecule has 0 aromatic heterocycles. The van der Waals surface area contributed by atoms with Gasteiger partial charge < -0.3 is 20.6 Å². The third-order valence-electron chi connectivity index (χ3n) is 3.85. The lowest BCUT2D eigenvalue weighted by Gasteiger charge is -2.19. The van der Waals surface area contributed by atoms with E-state index in [1.807, 2.05) is 54.6 Å². The number of benzene rings is 2. The lowest BCUT2D eigenvalue weighted by atomic mass is 9.87. The Morgan fingerprint density at radius 1 is 1.11 bits per heavy atom. The van der Waals surface area contributed by atoms with E-state index in [-0.39, 0.29) is 23.8 Å². The summed E-state index contributed by atoms with van der Waals surface area (Å²) < 4.78 is 5.46. The van der Waals surface area contributed by atoms with Crippen molar-refractivity contribution in [3.63, 3.8) is 0 Å². The highest BCUT2D eigenvalue weighted by Crippen LogP contribution is 2.23. The van der Waals surface area contributed by atoms with Crippen LogP contribution in [0.4, 0.5) is 5.69 Å². The van der Waals surface area contributed by atoms with Crippen molar-refractivity contribution >= 4 is 17.4 Å². The second kappa shape index (κ2) is 9.07. The van der Waals surface area contributed by atoms with E-state index in [1.165, 1.54) is 5.56 Å². The highest BCUT2D eigenvalue weighted by atomic mass is 16.6. The molecule has 1 amide bonds. The summed E-state index contributed by atoms with van der Waals surface area (Å²) in [5, 5.41) is 6.55. The van der Waals surface area contributed by atoms with Crippen LogP contribution in [0.5, 0.6) is 5.75 Å². The lowest BCUT2D eigenvalue weighted by molar-refractivity contribution is -0.126. The Morgan fingerprint density at radius 3 is 2.33 bits per heavy atom. The fraction of sp³-hybridized carbons (Fsp3) is 0.333. The molecule has 1 atom stereocenters. The van der Waals surface area contributed by atoms with E-state index >= 15 is 0 Å². The van der Waals surface area contributed by atoms with Crippen molar-refractivity contribution in [3.05, 3.63) is 60.2 Å². The fourth-order valence-corrected chi connectivity index (χ4v) is 2.19. The minimum atomic E-state index is -0.789. The standard InChI is InChI=1S/C21H27N3O3/c1-15(27-24-19(22)14-26-18-8-6-5-7-9-18)20(25)23-17-12-10-16(11-13-17)21(2,3)4/h5-13,15H,14H2,1-4H3,(H2,22,24)(H,23,25). The van der Waals surface area contributed by atoms with Crippen LogP contribution < -0.4 is 15.8 Å². The molecule has 0 heterocycles. The van der Waals surface area contributed by atoms with E-state index in [9.17, 15) is 4.79 Å². The molecule has 0 radical (unpaired) electrons. The molecule has 0 aliphatic carbocycles. The van der Waals surface area contributed by atoms with Crippen LogP contribution in [0.1, 0.15) is 33.3 Å². The zero-order chi connectivity index (χ0) is 19.9. The average molecular weight is 369 g/mol. The molecule has 0 spiro atoms. The number of carbonyl (C=O) groups is 1. The second-order valence-electron chi connectivity index (χ2n) is 7.25. The van der Waals surface area contributed by atoms with Gasteiger partial charge in [0, 0.05) is 5.69 Å². The number of rotatable bonds is 7. The molecule has 3 N–H and O–H groups in total. The number of amidine groups is 1. The third-order valence-corrected chi connectivity index (χ3v) is 3.85. The third kappa shape index (κ3) is 6.66. The Bertz CT molecular complexity index is 766. The molecule has 6 heteroatoms. The van der Waals surface area contributed by atoms with Gasteiger partial charge in [0.25, 0.3) is 5.91 Å². The number of amides is 1. The molecule has 0 bridgehead atoms. The number of nitrogens with two attached hydrogens (primary N) is 1. The molecular weight excluding hydrogens is 342 g/mol. The molecule has 0 aliphatic rings. The van der Waals surface area contributed by atoms with Gasteiger partial charge in [0.1, 0.15) is 12.4 Å². The number of carbonyl (C=O) groups excluding carboxylic acids is 1. The van der Waals surface area contributed by atoms with Crippen LogP contribution in [0.15, 0.2) is 59.8 Å². The Labute approximate surface area is 160 Å². The number of para-hydroxylation sites is 1. The number of nitrogens with one attached hydrogen (secondary N) is 1. The molecular formula is C21H27N3O3. The van der Waals surface area contributed by atoms with Crippen LogP contribution in [-0.2, 0) is 15.0 Å². The molecule has 0 fully saturated rings. The smallest absolute Gasteiger partial charge is 0.267 e. The summed E-state index contributed by atoms with van der Waals surface area (Å²) in [5.74, 6) is 0.521. The predicted octanol–water partition coefficient (Wildman–Crippen LogP) is 3.68. The molecule has 2 rings (SSSR count). The largest absolute Gasteiger partial charge is 0.486 e. The second-order valence-corrected chi connectivity index (χ2v) is 7.25. The normalized spacial score (nSPS) is 13.0. The summed E-state index contributed by atoms with van der Waals surface area (Å²) in [5.41, 5.74) is 7.71. The molecule has 27 heavy (non-hydrogen) atoms. The predicted molar refractivity (Wildman–Crippen MR) is 108 cm³/mol. The van der Waals surface area contributed by atoms with E-state index in [1.54, 1.807) is 6.92 Å². The summed E-state index contributed by atoms with van der Waals surface area (Å²) in [6.45, 7) is 8.10. The van der Waals surface area contributed by atoms with Crippen molar-refractivity contribution in [1.29, 1.82) is 0 Å². The number of hydrogen-bond donors (Lipinski definition) is 2. The number of oxime groups is 1. The monoisotopic (exact) mass is 369 g/mol. The summed E-state index contributed by atoms with van der Waals surface area (Å²) in [6, 6.07) is 17.0. The summed E-state index contributed by atoms with van der Waals surface area (Å²) in [4.78, 5) is 17.4. The maximum absolute atomic E-state index is 12.2. The van der Waals surface area contributed by atoms with Crippen molar-refractivity contribution in [1.82, 2.24) is 0 Å². The fourth-order valence-electron chi connectivity index (χ4n) is 2.19. The van der Waals surface area contributed by atoms with Crippen LogP contribution in [0.2, 0.25) is 0 Å². The lowest BCUT2D eigenvalue weighted by Crippen LogP contribution is -2.28. The first-order valence-corrected chi connectivity index (χ1v) is 8.83. The van der Waals surface area contributed by atoms with Crippen molar-refractivity contribution in [2.24, 2.45) is 10.9 Å². The number of nitrogens with zero attached hydrogens (tertiary/aromatic N) is 1. The maximum Gasteiger partial charge on any atom is 0.267 e. The highest BCUT2D eigenvalue weighted by Gasteiger charge is 2.16. The summed E-state index contributed by atoms with van der Waals surface area (Å²) in [6.07, 6.45) is -0.789. The van der Waals surface area contributed by atoms with Gasteiger partial charge in [-0.15, -0.1) is 0 Å². The van der Waals surface area contributed by atoms with E-state index < -0.39 is 6.10 Å². The number of ether oxygens (including phenoxy) is 1. The molecule has 2 aromatic rings. The highest BCUT2D eigenvalue weighted by molar-refractivity contribution is 5.94. The number of hydrogen-bond acceptors (Lipinski definition) is 4. The van der Waals surface area contributed by atoms with Gasteiger partial charge in [-0.3, -0.25) is 4.79 Å². The molecule has 6 nitrogen and oxygen atoms in total. The Morgan fingerprint density at radius 2 is 1.74 bits per heavy atom.